The number of thiophene rings is 1. The summed E-state index contributed by atoms with van der Waals surface area (Å²) in [5, 5.41) is 14.1. The Morgan fingerprint density at radius 1 is 1.73 bits per heavy atom. The van der Waals surface area contributed by atoms with Crippen LogP contribution in [0.5, 0.6) is 0 Å². The lowest BCUT2D eigenvalue weighted by Gasteiger charge is -2.05. The van der Waals surface area contributed by atoms with E-state index in [1.165, 1.54) is 11.3 Å². The van der Waals surface area contributed by atoms with Crippen molar-refractivity contribution in [2.75, 3.05) is 6.54 Å². The van der Waals surface area contributed by atoms with Gasteiger partial charge in [0, 0.05) is 6.54 Å². The maximum Gasteiger partial charge on any atom is 0.262 e. The lowest BCUT2D eigenvalue weighted by atomic mass is 10.3. The van der Waals surface area contributed by atoms with Crippen LogP contribution in [0.1, 0.15) is 28.6 Å². The molecule has 1 atom stereocenters. The third kappa shape index (κ3) is 3.48. The predicted octanol–water partition coefficient (Wildman–Crippen LogP) is 2.21. The highest BCUT2D eigenvalue weighted by Gasteiger charge is 2.13. The Kier molecular flexibility index (Phi) is 4.57. The second-order valence-electron chi connectivity index (χ2n) is 3.46. The van der Waals surface area contributed by atoms with Gasteiger partial charge >= 0.3 is 0 Å². The second-order valence-corrected chi connectivity index (χ2v) is 4.71. The zero-order chi connectivity index (χ0) is 11.4. The molecule has 0 aliphatic rings. The molecule has 0 aromatic carbocycles. The molecule has 84 valence electrons. The molecular weight excluding hydrogens is 234 g/mol. The zero-order valence-corrected chi connectivity index (χ0v) is 10.3. The Morgan fingerprint density at radius 3 is 2.87 bits per heavy atom. The summed E-state index contributed by atoms with van der Waals surface area (Å²) in [5.41, 5.74) is 0.919. The fraction of sp³-hybridized carbons (Fsp3) is 0.500. The van der Waals surface area contributed by atoms with Crippen molar-refractivity contribution >= 4 is 28.8 Å². The summed E-state index contributed by atoms with van der Waals surface area (Å²) in [4.78, 5) is 12.1. The standard InChI is InChI=1S/C10H14ClNO2S/c1-6-5-15-9(8(6)11)10(14)12-4-3-7(2)13/h5,7,13H,3-4H2,1-2H3,(H,12,14). The van der Waals surface area contributed by atoms with Crippen molar-refractivity contribution in [3.8, 4) is 0 Å². The van der Waals surface area contributed by atoms with Crippen molar-refractivity contribution in [3.63, 3.8) is 0 Å². The van der Waals surface area contributed by atoms with Crippen LogP contribution in [0.25, 0.3) is 0 Å². The number of aryl methyl sites for hydroxylation is 1. The van der Waals surface area contributed by atoms with Crippen LogP contribution in [0, 0.1) is 6.92 Å². The van der Waals surface area contributed by atoms with Gasteiger partial charge in [-0.15, -0.1) is 11.3 Å². The van der Waals surface area contributed by atoms with Crippen molar-refractivity contribution in [2.24, 2.45) is 0 Å². The van der Waals surface area contributed by atoms with E-state index in [1.54, 1.807) is 6.92 Å². The first-order chi connectivity index (χ1) is 7.02. The summed E-state index contributed by atoms with van der Waals surface area (Å²) < 4.78 is 0. The van der Waals surface area contributed by atoms with Crippen LogP contribution in [-0.2, 0) is 0 Å². The van der Waals surface area contributed by atoms with E-state index in [0.29, 0.717) is 22.9 Å². The number of hydrogen-bond acceptors (Lipinski definition) is 3. The first kappa shape index (κ1) is 12.5. The van der Waals surface area contributed by atoms with E-state index in [0.717, 1.165) is 5.56 Å². The summed E-state index contributed by atoms with van der Waals surface area (Å²) in [6.07, 6.45) is 0.152. The highest BCUT2D eigenvalue weighted by atomic mass is 35.5. The highest BCUT2D eigenvalue weighted by Crippen LogP contribution is 2.26. The molecule has 15 heavy (non-hydrogen) atoms. The molecule has 1 amide bonds. The van der Waals surface area contributed by atoms with Crippen LogP contribution >= 0.6 is 22.9 Å². The van der Waals surface area contributed by atoms with Crippen molar-refractivity contribution in [3.05, 3.63) is 20.8 Å². The van der Waals surface area contributed by atoms with Gasteiger partial charge in [-0.3, -0.25) is 4.79 Å². The molecule has 0 saturated heterocycles. The Bertz CT molecular complexity index is 349. The van der Waals surface area contributed by atoms with Crippen molar-refractivity contribution in [1.82, 2.24) is 5.32 Å². The van der Waals surface area contributed by atoms with Gasteiger partial charge in [0.25, 0.3) is 5.91 Å². The van der Waals surface area contributed by atoms with E-state index in [9.17, 15) is 4.79 Å². The molecule has 1 unspecified atom stereocenters. The van der Waals surface area contributed by atoms with E-state index in [-0.39, 0.29) is 5.91 Å². The number of aliphatic hydroxyl groups excluding tert-OH is 1. The third-order valence-electron chi connectivity index (χ3n) is 1.95. The number of aliphatic hydroxyl groups is 1. The summed E-state index contributed by atoms with van der Waals surface area (Å²) in [6, 6.07) is 0. The lowest BCUT2D eigenvalue weighted by Crippen LogP contribution is -2.25. The van der Waals surface area contributed by atoms with Crippen molar-refractivity contribution in [2.45, 2.75) is 26.4 Å². The summed E-state index contributed by atoms with van der Waals surface area (Å²) in [7, 11) is 0. The van der Waals surface area contributed by atoms with Gasteiger partial charge in [0.05, 0.1) is 11.1 Å². The van der Waals surface area contributed by atoms with Crippen LogP contribution < -0.4 is 5.32 Å². The quantitative estimate of drug-likeness (QED) is 0.857. The molecule has 1 aromatic rings. The zero-order valence-electron chi connectivity index (χ0n) is 8.71. The molecule has 1 rings (SSSR count). The number of amides is 1. The molecule has 2 N–H and O–H groups in total. The van der Waals surface area contributed by atoms with Gasteiger partial charge in [-0.05, 0) is 31.2 Å². The van der Waals surface area contributed by atoms with Gasteiger partial charge in [-0.25, -0.2) is 0 Å². The number of halogens is 1. The minimum absolute atomic E-state index is 0.168. The summed E-state index contributed by atoms with van der Waals surface area (Å²) in [5.74, 6) is -0.168. The molecule has 1 aromatic heterocycles. The number of rotatable bonds is 4. The van der Waals surface area contributed by atoms with E-state index in [2.05, 4.69) is 5.32 Å². The molecule has 0 aliphatic heterocycles. The van der Waals surface area contributed by atoms with Crippen LogP contribution in [-0.4, -0.2) is 23.7 Å². The molecule has 3 nitrogen and oxygen atoms in total. The third-order valence-corrected chi connectivity index (χ3v) is 3.65. The van der Waals surface area contributed by atoms with Gasteiger partial charge in [0.2, 0.25) is 0 Å². The first-order valence-electron chi connectivity index (χ1n) is 4.72. The smallest absolute Gasteiger partial charge is 0.262 e. The van der Waals surface area contributed by atoms with E-state index >= 15 is 0 Å². The molecule has 0 spiro atoms. The first-order valence-corrected chi connectivity index (χ1v) is 5.98. The Morgan fingerprint density at radius 2 is 2.40 bits per heavy atom. The Balaban J connectivity index is 2.51. The SMILES string of the molecule is Cc1csc(C(=O)NCCC(C)O)c1Cl. The molecule has 0 saturated carbocycles. The molecule has 0 aliphatic carbocycles. The topological polar surface area (TPSA) is 49.3 Å². The maximum atomic E-state index is 11.6. The van der Waals surface area contributed by atoms with Gasteiger partial charge < -0.3 is 10.4 Å². The number of carbonyl (C=O) groups is 1. The van der Waals surface area contributed by atoms with Gasteiger partial charge in [0.15, 0.2) is 0 Å². The van der Waals surface area contributed by atoms with Crippen LogP contribution in [0.2, 0.25) is 5.02 Å². The van der Waals surface area contributed by atoms with Gasteiger partial charge in [-0.2, -0.15) is 0 Å². The van der Waals surface area contributed by atoms with Crippen LogP contribution in [0.15, 0.2) is 5.38 Å². The summed E-state index contributed by atoms with van der Waals surface area (Å²) >= 11 is 7.28. The predicted molar refractivity (Wildman–Crippen MR) is 62.7 cm³/mol. The van der Waals surface area contributed by atoms with Gasteiger partial charge in [-0.1, -0.05) is 11.6 Å². The van der Waals surface area contributed by atoms with Crippen LogP contribution in [0.4, 0.5) is 0 Å². The van der Waals surface area contributed by atoms with E-state index < -0.39 is 6.10 Å². The minimum atomic E-state index is -0.397. The highest BCUT2D eigenvalue weighted by molar-refractivity contribution is 7.13. The normalized spacial score (nSPS) is 12.5. The Labute approximate surface area is 98.1 Å². The summed E-state index contributed by atoms with van der Waals surface area (Å²) in [6.45, 7) is 4.02. The van der Waals surface area contributed by atoms with Crippen LogP contribution in [0.3, 0.4) is 0 Å². The van der Waals surface area contributed by atoms with E-state index in [1.807, 2.05) is 12.3 Å². The van der Waals surface area contributed by atoms with E-state index in [4.69, 9.17) is 16.7 Å². The number of hydrogen-bond donors (Lipinski definition) is 2. The average molecular weight is 248 g/mol. The number of carbonyl (C=O) groups excluding carboxylic acids is 1. The monoisotopic (exact) mass is 247 g/mol. The fourth-order valence-electron chi connectivity index (χ4n) is 1.06. The maximum absolute atomic E-state index is 11.6. The molecule has 0 fully saturated rings. The van der Waals surface area contributed by atoms with Crippen molar-refractivity contribution in [1.29, 1.82) is 0 Å². The second kappa shape index (κ2) is 5.49. The number of nitrogens with one attached hydrogen (secondary N) is 1. The average Bonchev–Trinajstić information content (AvgIpc) is 2.47. The molecule has 5 heteroatoms. The lowest BCUT2D eigenvalue weighted by molar-refractivity contribution is 0.0949. The largest absolute Gasteiger partial charge is 0.393 e. The fourth-order valence-corrected chi connectivity index (χ4v) is 2.25. The molecule has 0 bridgehead atoms. The Hall–Kier alpha value is -0.580. The molecule has 0 radical (unpaired) electrons. The molecular formula is C10H14ClNO2S. The minimum Gasteiger partial charge on any atom is -0.393 e. The van der Waals surface area contributed by atoms with Crippen molar-refractivity contribution < 1.29 is 9.90 Å². The van der Waals surface area contributed by atoms with Gasteiger partial charge in [0.1, 0.15) is 4.88 Å². The molecule has 1 heterocycles.